The molecule has 1 saturated carbocycles. The Kier molecular flexibility index (Phi) is 5.88. The highest BCUT2D eigenvalue weighted by atomic mass is 16.4. The Bertz CT molecular complexity index is 355. The number of carboxylic acids is 1. The van der Waals surface area contributed by atoms with Crippen LogP contribution in [0.1, 0.15) is 70.6 Å². The van der Waals surface area contributed by atoms with Gasteiger partial charge >= 0.3 is 12.0 Å². The quantitative estimate of drug-likeness (QED) is 0.769. The third-order valence-corrected chi connectivity index (χ3v) is 4.86. The van der Waals surface area contributed by atoms with E-state index < -0.39 is 11.5 Å². The summed E-state index contributed by atoms with van der Waals surface area (Å²) in [7, 11) is 0. The molecule has 5 nitrogen and oxygen atoms in total. The van der Waals surface area contributed by atoms with Crippen molar-refractivity contribution in [2.45, 2.75) is 76.2 Å². The van der Waals surface area contributed by atoms with Gasteiger partial charge in [0.05, 0.1) is 0 Å². The molecule has 0 radical (unpaired) electrons. The van der Waals surface area contributed by atoms with E-state index >= 15 is 0 Å². The SMILES string of the molecule is O=C(NC1(C(=O)O)CCCCCC1)N1CCCCCCC1. The number of carbonyl (C=O) groups excluding carboxylic acids is 1. The highest BCUT2D eigenvalue weighted by molar-refractivity contribution is 5.86. The van der Waals surface area contributed by atoms with Gasteiger partial charge in [-0.15, -0.1) is 0 Å². The molecule has 1 saturated heterocycles. The highest BCUT2D eigenvalue weighted by Crippen LogP contribution is 2.28. The van der Waals surface area contributed by atoms with E-state index in [0.29, 0.717) is 12.8 Å². The number of aliphatic carboxylic acids is 1. The lowest BCUT2D eigenvalue weighted by Gasteiger charge is -2.33. The van der Waals surface area contributed by atoms with E-state index in [0.717, 1.165) is 64.5 Å². The Labute approximate surface area is 127 Å². The summed E-state index contributed by atoms with van der Waals surface area (Å²) in [4.78, 5) is 26.1. The van der Waals surface area contributed by atoms with Gasteiger partial charge in [0.1, 0.15) is 5.54 Å². The molecule has 2 amide bonds. The molecule has 1 heterocycles. The first-order valence-corrected chi connectivity index (χ1v) is 8.45. The van der Waals surface area contributed by atoms with Gasteiger partial charge in [-0.25, -0.2) is 9.59 Å². The summed E-state index contributed by atoms with van der Waals surface area (Å²) >= 11 is 0. The molecular weight excluding hydrogens is 268 g/mol. The number of urea groups is 1. The molecule has 0 aromatic rings. The number of nitrogens with one attached hydrogen (secondary N) is 1. The maximum absolute atomic E-state index is 12.5. The van der Waals surface area contributed by atoms with E-state index in [-0.39, 0.29) is 6.03 Å². The molecule has 0 bridgehead atoms. The maximum atomic E-state index is 12.5. The molecule has 2 fully saturated rings. The molecule has 120 valence electrons. The van der Waals surface area contributed by atoms with E-state index in [1.165, 1.54) is 6.42 Å². The molecule has 0 aromatic heterocycles. The molecule has 21 heavy (non-hydrogen) atoms. The smallest absolute Gasteiger partial charge is 0.329 e. The molecule has 0 aromatic carbocycles. The maximum Gasteiger partial charge on any atom is 0.329 e. The van der Waals surface area contributed by atoms with Crippen molar-refractivity contribution in [2.24, 2.45) is 0 Å². The second kappa shape index (κ2) is 7.66. The van der Waals surface area contributed by atoms with Gasteiger partial charge in [0.15, 0.2) is 0 Å². The Hall–Kier alpha value is -1.26. The second-order valence-electron chi connectivity index (χ2n) is 6.49. The molecule has 0 atom stereocenters. The van der Waals surface area contributed by atoms with Gasteiger partial charge in [-0.3, -0.25) is 0 Å². The molecule has 0 spiro atoms. The van der Waals surface area contributed by atoms with Gasteiger partial charge in [0, 0.05) is 13.1 Å². The summed E-state index contributed by atoms with van der Waals surface area (Å²) in [5.41, 5.74) is -1.05. The molecule has 2 N–H and O–H groups in total. The molecule has 2 rings (SSSR count). The molecule has 5 heteroatoms. The topological polar surface area (TPSA) is 69.6 Å². The number of carbonyl (C=O) groups is 2. The lowest BCUT2D eigenvalue weighted by molar-refractivity contribution is -0.145. The van der Waals surface area contributed by atoms with Crippen molar-refractivity contribution in [3.05, 3.63) is 0 Å². The number of carboxylic acid groups (broad SMARTS) is 1. The third kappa shape index (κ3) is 4.35. The summed E-state index contributed by atoms with van der Waals surface area (Å²) in [6.07, 6.45) is 10.6. The normalized spacial score (nSPS) is 23.5. The summed E-state index contributed by atoms with van der Waals surface area (Å²) in [5.74, 6) is -0.871. The minimum absolute atomic E-state index is 0.179. The van der Waals surface area contributed by atoms with Crippen molar-refractivity contribution in [1.82, 2.24) is 10.2 Å². The minimum atomic E-state index is -1.05. The van der Waals surface area contributed by atoms with Crippen LogP contribution in [0.5, 0.6) is 0 Å². The second-order valence-corrected chi connectivity index (χ2v) is 6.49. The largest absolute Gasteiger partial charge is 0.480 e. The molecule has 0 unspecified atom stereocenters. The van der Waals surface area contributed by atoms with Gasteiger partial charge in [0.2, 0.25) is 0 Å². The number of amides is 2. The van der Waals surface area contributed by atoms with E-state index in [2.05, 4.69) is 5.32 Å². The summed E-state index contributed by atoms with van der Waals surface area (Å²) in [6.45, 7) is 1.50. The highest BCUT2D eigenvalue weighted by Gasteiger charge is 2.40. The number of hydrogen-bond donors (Lipinski definition) is 2. The Morgan fingerprint density at radius 2 is 1.29 bits per heavy atom. The number of rotatable bonds is 2. The van der Waals surface area contributed by atoms with Crippen molar-refractivity contribution in [2.75, 3.05) is 13.1 Å². The lowest BCUT2D eigenvalue weighted by Crippen LogP contribution is -2.58. The van der Waals surface area contributed by atoms with Crippen LogP contribution in [-0.2, 0) is 4.79 Å². The van der Waals surface area contributed by atoms with Crippen LogP contribution in [0.2, 0.25) is 0 Å². The van der Waals surface area contributed by atoms with Gasteiger partial charge in [-0.1, -0.05) is 44.9 Å². The van der Waals surface area contributed by atoms with E-state index in [1.807, 2.05) is 4.90 Å². The average Bonchev–Trinajstić information content (AvgIpc) is 2.64. The van der Waals surface area contributed by atoms with Crippen LogP contribution in [0, 0.1) is 0 Å². The van der Waals surface area contributed by atoms with Crippen LogP contribution in [0.25, 0.3) is 0 Å². The zero-order valence-electron chi connectivity index (χ0n) is 12.9. The van der Waals surface area contributed by atoms with Crippen molar-refractivity contribution < 1.29 is 14.7 Å². The van der Waals surface area contributed by atoms with E-state index in [4.69, 9.17) is 0 Å². The Morgan fingerprint density at radius 1 is 0.810 bits per heavy atom. The van der Waals surface area contributed by atoms with E-state index in [9.17, 15) is 14.7 Å². The summed E-state index contributed by atoms with van der Waals surface area (Å²) in [5, 5.41) is 12.5. The Morgan fingerprint density at radius 3 is 1.81 bits per heavy atom. The van der Waals surface area contributed by atoms with Crippen LogP contribution < -0.4 is 5.32 Å². The number of likely N-dealkylation sites (tertiary alicyclic amines) is 1. The number of nitrogens with zero attached hydrogens (tertiary/aromatic N) is 1. The monoisotopic (exact) mass is 296 g/mol. The lowest BCUT2D eigenvalue weighted by atomic mass is 9.90. The van der Waals surface area contributed by atoms with Gasteiger partial charge in [0.25, 0.3) is 0 Å². The van der Waals surface area contributed by atoms with Crippen molar-refractivity contribution in [1.29, 1.82) is 0 Å². The van der Waals surface area contributed by atoms with Crippen LogP contribution in [0.4, 0.5) is 4.79 Å². The molecule has 1 aliphatic carbocycles. The van der Waals surface area contributed by atoms with Gasteiger partial charge in [-0.2, -0.15) is 0 Å². The fourth-order valence-electron chi connectivity index (χ4n) is 3.46. The van der Waals surface area contributed by atoms with Gasteiger partial charge < -0.3 is 15.3 Å². The Balaban J connectivity index is 2.01. The zero-order valence-corrected chi connectivity index (χ0v) is 12.9. The predicted molar refractivity (Wildman–Crippen MR) is 81.3 cm³/mol. The van der Waals surface area contributed by atoms with Crippen LogP contribution >= 0.6 is 0 Å². The summed E-state index contributed by atoms with van der Waals surface area (Å²) < 4.78 is 0. The first kappa shape index (κ1) is 16.1. The standard InChI is InChI=1S/C16H28N2O3/c19-14(20)16(10-6-2-3-7-11-16)17-15(21)18-12-8-4-1-5-9-13-18/h1-13H2,(H,17,21)(H,19,20). The van der Waals surface area contributed by atoms with Gasteiger partial charge in [-0.05, 0) is 25.7 Å². The fraction of sp³-hybridized carbons (Fsp3) is 0.875. The first-order chi connectivity index (χ1) is 10.1. The third-order valence-electron chi connectivity index (χ3n) is 4.86. The zero-order chi connectivity index (χ0) is 15.1. The van der Waals surface area contributed by atoms with E-state index in [1.54, 1.807) is 0 Å². The van der Waals surface area contributed by atoms with Crippen LogP contribution in [0.15, 0.2) is 0 Å². The van der Waals surface area contributed by atoms with Crippen LogP contribution in [0.3, 0.4) is 0 Å². The first-order valence-electron chi connectivity index (χ1n) is 8.45. The predicted octanol–water partition coefficient (Wildman–Crippen LogP) is 3.14. The summed E-state index contributed by atoms with van der Waals surface area (Å²) in [6, 6.07) is -0.179. The van der Waals surface area contributed by atoms with Crippen molar-refractivity contribution in [3.63, 3.8) is 0 Å². The van der Waals surface area contributed by atoms with Crippen LogP contribution in [-0.4, -0.2) is 40.6 Å². The fourth-order valence-corrected chi connectivity index (χ4v) is 3.46. The molecular formula is C16H28N2O3. The average molecular weight is 296 g/mol. The molecule has 1 aliphatic heterocycles. The number of hydrogen-bond acceptors (Lipinski definition) is 2. The molecule has 2 aliphatic rings. The minimum Gasteiger partial charge on any atom is -0.480 e. The van der Waals surface area contributed by atoms with Crippen molar-refractivity contribution >= 4 is 12.0 Å². The van der Waals surface area contributed by atoms with Crippen molar-refractivity contribution in [3.8, 4) is 0 Å².